The van der Waals surface area contributed by atoms with Crippen molar-refractivity contribution < 1.29 is 19.1 Å². The summed E-state index contributed by atoms with van der Waals surface area (Å²) in [6, 6.07) is 0. The molecule has 0 aliphatic carbocycles. The minimum absolute atomic E-state index is 0.183. The average molecular weight is 259 g/mol. The maximum Gasteiger partial charge on any atom is 0.410 e. The number of rotatable bonds is 5. The third-order valence-corrected chi connectivity index (χ3v) is 2.05. The van der Waals surface area contributed by atoms with Crippen LogP contribution in [0.2, 0.25) is 0 Å². The second-order valence-corrected chi connectivity index (χ2v) is 5.65. The Labute approximate surface area is 109 Å². The van der Waals surface area contributed by atoms with Gasteiger partial charge in [0.25, 0.3) is 0 Å². The van der Waals surface area contributed by atoms with Gasteiger partial charge in [0.2, 0.25) is 0 Å². The normalized spacial score (nSPS) is 11.3. The Morgan fingerprint density at radius 3 is 2.17 bits per heavy atom. The van der Waals surface area contributed by atoms with E-state index in [1.165, 1.54) is 7.11 Å². The van der Waals surface area contributed by atoms with Crippen LogP contribution in [-0.2, 0) is 14.3 Å². The highest BCUT2D eigenvalue weighted by molar-refractivity contribution is 5.72. The molecule has 5 nitrogen and oxygen atoms in total. The molecule has 0 heterocycles. The quantitative estimate of drug-likeness (QED) is 0.712. The lowest BCUT2D eigenvalue weighted by Crippen LogP contribution is -2.40. The molecule has 0 aromatic rings. The first-order valence-corrected chi connectivity index (χ1v) is 6.20. The van der Waals surface area contributed by atoms with Crippen LogP contribution in [-0.4, -0.2) is 42.8 Å². The third-order valence-electron chi connectivity index (χ3n) is 2.05. The lowest BCUT2D eigenvalue weighted by molar-refractivity contribution is -0.140. The maximum atomic E-state index is 11.9. The molecule has 0 aromatic carbocycles. The Hall–Kier alpha value is -1.26. The van der Waals surface area contributed by atoms with Crippen LogP contribution in [0, 0.1) is 5.92 Å². The van der Waals surface area contributed by atoms with E-state index in [1.807, 2.05) is 34.6 Å². The molecule has 0 aliphatic rings. The number of esters is 1. The van der Waals surface area contributed by atoms with E-state index in [2.05, 4.69) is 4.74 Å². The Morgan fingerprint density at radius 2 is 1.78 bits per heavy atom. The highest BCUT2D eigenvalue weighted by Crippen LogP contribution is 2.11. The fourth-order valence-electron chi connectivity index (χ4n) is 1.35. The predicted octanol–water partition coefficient (Wildman–Crippen LogP) is 2.44. The van der Waals surface area contributed by atoms with Crippen molar-refractivity contribution in [3.8, 4) is 0 Å². The van der Waals surface area contributed by atoms with E-state index in [9.17, 15) is 9.59 Å². The van der Waals surface area contributed by atoms with Gasteiger partial charge in [0, 0.05) is 13.1 Å². The van der Waals surface area contributed by atoms with Crippen LogP contribution < -0.4 is 0 Å². The van der Waals surface area contributed by atoms with Crippen molar-refractivity contribution in [2.45, 2.75) is 46.6 Å². The first-order valence-electron chi connectivity index (χ1n) is 6.20. The van der Waals surface area contributed by atoms with Crippen LogP contribution in [0.4, 0.5) is 4.79 Å². The summed E-state index contributed by atoms with van der Waals surface area (Å²) in [6.07, 6.45) is -0.206. The number of amides is 1. The van der Waals surface area contributed by atoms with Gasteiger partial charge in [0.05, 0.1) is 13.5 Å². The van der Waals surface area contributed by atoms with Crippen molar-refractivity contribution >= 4 is 12.1 Å². The van der Waals surface area contributed by atoms with Gasteiger partial charge in [0.15, 0.2) is 0 Å². The van der Waals surface area contributed by atoms with E-state index in [-0.39, 0.29) is 18.5 Å². The van der Waals surface area contributed by atoms with Crippen molar-refractivity contribution in [3.63, 3.8) is 0 Å². The first-order chi connectivity index (χ1) is 8.15. The van der Waals surface area contributed by atoms with Gasteiger partial charge in [-0.2, -0.15) is 0 Å². The second-order valence-electron chi connectivity index (χ2n) is 5.65. The smallest absolute Gasteiger partial charge is 0.410 e. The van der Waals surface area contributed by atoms with E-state index in [4.69, 9.17) is 4.74 Å². The van der Waals surface area contributed by atoms with Crippen molar-refractivity contribution in [2.24, 2.45) is 5.92 Å². The largest absolute Gasteiger partial charge is 0.469 e. The molecule has 0 atom stereocenters. The molecule has 0 saturated heterocycles. The van der Waals surface area contributed by atoms with Gasteiger partial charge in [-0.1, -0.05) is 13.8 Å². The molecule has 0 radical (unpaired) electrons. The summed E-state index contributed by atoms with van der Waals surface area (Å²) in [7, 11) is 1.34. The molecule has 0 aromatic heterocycles. The fourth-order valence-corrected chi connectivity index (χ4v) is 1.35. The van der Waals surface area contributed by atoms with Gasteiger partial charge < -0.3 is 14.4 Å². The molecule has 106 valence electrons. The summed E-state index contributed by atoms with van der Waals surface area (Å²) in [4.78, 5) is 24.6. The van der Waals surface area contributed by atoms with Gasteiger partial charge in [-0.05, 0) is 26.7 Å². The number of carbonyl (C=O) groups excluding carboxylic acids is 2. The average Bonchev–Trinajstić information content (AvgIpc) is 2.20. The third kappa shape index (κ3) is 7.92. The van der Waals surface area contributed by atoms with E-state index in [0.717, 1.165) is 0 Å². The molecule has 0 bridgehead atoms. The summed E-state index contributed by atoms with van der Waals surface area (Å²) >= 11 is 0. The summed E-state index contributed by atoms with van der Waals surface area (Å²) in [6.45, 7) is 10.4. The maximum absolute atomic E-state index is 11.9. The van der Waals surface area contributed by atoms with E-state index >= 15 is 0 Å². The van der Waals surface area contributed by atoms with Gasteiger partial charge in [0.1, 0.15) is 5.60 Å². The Kier molecular flexibility index (Phi) is 6.73. The number of nitrogens with zero attached hydrogens (tertiary/aromatic N) is 1. The molecule has 0 N–H and O–H groups in total. The summed E-state index contributed by atoms with van der Waals surface area (Å²) in [5, 5.41) is 0. The molecular formula is C13H25NO4. The monoisotopic (exact) mass is 259 g/mol. The van der Waals surface area contributed by atoms with Crippen molar-refractivity contribution in [1.29, 1.82) is 0 Å². The molecule has 1 amide bonds. The molecule has 0 aliphatic heterocycles. The lowest BCUT2D eigenvalue weighted by Gasteiger charge is -2.28. The number of hydrogen-bond acceptors (Lipinski definition) is 4. The standard InChI is InChI=1S/C13H25NO4/c1-10(2)9-14(8-7-11(15)17-6)12(16)18-13(3,4)5/h10H,7-9H2,1-6H3. The summed E-state index contributed by atoms with van der Waals surface area (Å²) < 4.78 is 9.87. The number of hydrogen-bond donors (Lipinski definition) is 0. The van der Waals surface area contributed by atoms with Crippen molar-refractivity contribution in [2.75, 3.05) is 20.2 Å². The molecule has 0 fully saturated rings. The van der Waals surface area contributed by atoms with Crippen molar-refractivity contribution in [1.82, 2.24) is 4.90 Å². The minimum atomic E-state index is -0.530. The first kappa shape index (κ1) is 16.7. The molecule has 0 unspecified atom stereocenters. The molecule has 0 rings (SSSR count). The highest BCUT2D eigenvalue weighted by Gasteiger charge is 2.23. The Morgan fingerprint density at radius 1 is 1.22 bits per heavy atom. The fraction of sp³-hybridized carbons (Fsp3) is 0.846. The Balaban J connectivity index is 4.47. The number of ether oxygens (including phenoxy) is 2. The van der Waals surface area contributed by atoms with Crippen molar-refractivity contribution in [3.05, 3.63) is 0 Å². The van der Waals surface area contributed by atoms with Crippen LogP contribution in [0.25, 0.3) is 0 Å². The molecule has 5 heteroatoms. The topological polar surface area (TPSA) is 55.8 Å². The zero-order valence-electron chi connectivity index (χ0n) is 12.3. The zero-order chi connectivity index (χ0) is 14.3. The predicted molar refractivity (Wildman–Crippen MR) is 69.3 cm³/mol. The Bertz CT molecular complexity index is 281. The van der Waals surface area contributed by atoms with Crippen LogP contribution in [0.3, 0.4) is 0 Å². The van der Waals surface area contributed by atoms with Gasteiger partial charge in [-0.25, -0.2) is 4.79 Å². The lowest BCUT2D eigenvalue weighted by atomic mass is 10.2. The molecule has 0 spiro atoms. The summed E-state index contributed by atoms with van der Waals surface area (Å²) in [5.74, 6) is -0.0116. The summed E-state index contributed by atoms with van der Waals surface area (Å²) in [5.41, 5.74) is -0.530. The van der Waals surface area contributed by atoms with Crippen LogP contribution in [0.15, 0.2) is 0 Å². The van der Waals surface area contributed by atoms with E-state index in [1.54, 1.807) is 4.90 Å². The molecule has 0 saturated carbocycles. The molecule has 18 heavy (non-hydrogen) atoms. The zero-order valence-corrected chi connectivity index (χ0v) is 12.3. The number of carbonyl (C=O) groups is 2. The highest BCUT2D eigenvalue weighted by atomic mass is 16.6. The van der Waals surface area contributed by atoms with E-state index in [0.29, 0.717) is 19.0 Å². The van der Waals surface area contributed by atoms with Gasteiger partial charge in [-0.3, -0.25) is 4.79 Å². The van der Waals surface area contributed by atoms with Crippen LogP contribution in [0.1, 0.15) is 41.0 Å². The van der Waals surface area contributed by atoms with E-state index < -0.39 is 5.60 Å². The van der Waals surface area contributed by atoms with Crippen LogP contribution in [0.5, 0.6) is 0 Å². The van der Waals surface area contributed by atoms with Gasteiger partial charge in [-0.15, -0.1) is 0 Å². The second kappa shape index (κ2) is 7.24. The minimum Gasteiger partial charge on any atom is -0.469 e. The molecular weight excluding hydrogens is 234 g/mol. The SMILES string of the molecule is COC(=O)CCN(CC(C)C)C(=O)OC(C)(C)C. The number of methoxy groups -OCH3 is 1. The van der Waals surface area contributed by atoms with Gasteiger partial charge >= 0.3 is 12.1 Å². The van der Waals surface area contributed by atoms with Crippen LogP contribution >= 0.6 is 0 Å².